The molecule has 1 aliphatic heterocycles. The van der Waals surface area contributed by atoms with Crippen molar-refractivity contribution in [3.05, 3.63) is 76.2 Å². The van der Waals surface area contributed by atoms with Crippen molar-refractivity contribution in [3.8, 4) is 11.3 Å². The minimum atomic E-state index is -0.0873. The van der Waals surface area contributed by atoms with E-state index < -0.39 is 0 Å². The van der Waals surface area contributed by atoms with Crippen molar-refractivity contribution >= 4 is 21.8 Å². The number of benzene rings is 2. The topological polar surface area (TPSA) is 55.6 Å². The molecule has 1 unspecified atom stereocenters. The van der Waals surface area contributed by atoms with Gasteiger partial charge in [0.2, 0.25) is 5.91 Å². The van der Waals surface area contributed by atoms with E-state index in [0.717, 1.165) is 21.4 Å². The summed E-state index contributed by atoms with van der Waals surface area (Å²) in [6.07, 6.45) is 2.50. The van der Waals surface area contributed by atoms with E-state index in [2.05, 4.69) is 20.9 Å². The number of rotatable bonds is 5. The minimum Gasteiger partial charge on any atom is -0.441 e. The fraction of sp³-hybridized carbons (Fsp3) is 0.304. The number of morpholine rings is 1. The number of amides is 1. The van der Waals surface area contributed by atoms with Crippen molar-refractivity contribution < 1.29 is 13.9 Å². The molecule has 1 aliphatic rings. The smallest absolute Gasteiger partial charge is 0.223 e. The molecule has 1 fully saturated rings. The Balaban J connectivity index is 1.33. The van der Waals surface area contributed by atoms with Crippen LogP contribution in [0, 0.1) is 6.92 Å². The molecule has 1 saturated heterocycles. The number of aryl methyl sites for hydroxylation is 2. The second kappa shape index (κ2) is 8.93. The van der Waals surface area contributed by atoms with Gasteiger partial charge in [0.1, 0.15) is 6.10 Å². The predicted octanol–water partition coefficient (Wildman–Crippen LogP) is 4.95. The molecule has 4 rings (SSSR count). The molecular weight excluding hydrogens is 432 g/mol. The van der Waals surface area contributed by atoms with Crippen molar-refractivity contribution in [1.29, 1.82) is 0 Å². The van der Waals surface area contributed by atoms with Gasteiger partial charge in [-0.3, -0.25) is 4.79 Å². The summed E-state index contributed by atoms with van der Waals surface area (Å²) < 4.78 is 12.7. The summed E-state index contributed by atoms with van der Waals surface area (Å²) in [5.74, 6) is 1.42. The van der Waals surface area contributed by atoms with Crippen molar-refractivity contribution in [2.45, 2.75) is 25.9 Å². The van der Waals surface area contributed by atoms with Crippen LogP contribution in [0.2, 0.25) is 0 Å². The van der Waals surface area contributed by atoms with Gasteiger partial charge in [0.15, 0.2) is 11.7 Å². The Bertz CT molecular complexity index is 967. The number of nitrogens with zero attached hydrogens (tertiary/aromatic N) is 2. The van der Waals surface area contributed by atoms with Crippen LogP contribution < -0.4 is 0 Å². The van der Waals surface area contributed by atoms with Crippen LogP contribution in [0.1, 0.15) is 29.5 Å². The van der Waals surface area contributed by atoms with E-state index in [9.17, 15) is 4.79 Å². The summed E-state index contributed by atoms with van der Waals surface area (Å²) in [5, 5.41) is 0. The lowest BCUT2D eigenvalue weighted by Crippen LogP contribution is -2.42. The van der Waals surface area contributed by atoms with Gasteiger partial charge in [-0.1, -0.05) is 57.9 Å². The Morgan fingerprint density at radius 1 is 1.17 bits per heavy atom. The van der Waals surface area contributed by atoms with Crippen LogP contribution in [0.4, 0.5) is 0 Å². The number of halogens is 1. The zero-order valence-corrected chi connectivity index (χ0v) is 17.9. The highest BCUT2D eigenvalue weighted by Gasteiger charge is 2.25. The van der Waals surface area contributed by atoms with Crippen LogP contribution in [0.25, 0.3) is 11.3 Å². The van der Waals surface area contributed by atoms with Gasteiger partial charge in [0.05, 0.1) is 19.3 Å². The lowest BCUT2D eigenvalue weighted by atomic mass is 10.1. The predicted molar refractivity (Wildman–Crippen MR) is 114 cm³/mol. The highest BCUT2D eigenvalue weighted by atomic mass is 79.9. The van der Waals surface area contributed by atoms with Crippen LogP contribution in [0.5, 0.6) is 0 Å². The van der Waals surface area contributed by atoms with E-state index in [1.807, 2.05) is 60.4 Å². The van der Waals surface area contributed by atoms with Gasteiger partial charge < -0.3 is 14.1 Å². The number of aromatic nitrogens is 1. The Kier molecular flexibility index (Phi) is 6.11. The summed E-state index contributed by atoms with van der Waals surface area (Å²) in [6.45, 7) is 3.78. The zero-order chi connectivity index (χ0) is 20.2. The summed E-state index contributed by atoms with van der Waals surface area (Å²) in [6, 6.07) is 16.2. The van der Waals surface area contributed by atoms with Gasteiger partial charge in [-0.25, -0.2) is 4.98 Å². The van der Waals surface area contributed by atoms with Crippen LogP contribution in [0.3, 0.4) is 0 Å². The maximum atomic E-state index is 12.7. The van der Waals surface area contributed by atoms with Gasteiger partial charge >= 0.3 is 0 Å². The minimum absolute atomic E-state index is 0.0873. The molecule has 2 heterocycles. The molecule has 0 aliphatic carbocycles. The lowest BCUT2D eigenvalue weighted by Gasteiger charge is -2.33. The van der Waals surface area contributed by atoms with E-state index in [-0.39, 0.29) is 12.0 Å². The Labute approximate surface area is 178 Å². The molecule has 0 saturated carbocycles. The van der Waals surface area contributed by atoms with E-state index in [4.69, 9.17) is 9.15 Å². The molecule has 1 aromatic heterocycles. The number of hydrogen-bond acceptors (Lipinski definition) is 4. The van der Waals surface area contributed by atoms with Crippen LogP contribution in [0.15, 0.2) is 63.6 Å². The summed E-state index contributed by atoms with van der Waals surface area (Å²) >= 11 is 3.45. The average molecular weight is 455 g/mol. The SMILES string of the molecule is Cc1ccc(-c2cnc(CCC(=O)N3CCOC(c4ccc(Br)cc4)C3)o2)cc1. The largest absolute Gasteiger partial charge is 0.441 e. The second-order valence-corrected chi connectivity index (χ2v) is 8.15. The normalized spacial score (nSPS) is 16.8. The molecule has 2 aromatic carbocycles. The van der Waals surface area contributed by atoms with E-state index in [1.54, 1.807) is 6.20 Å². The third-order valence-corrected chi connectivity index (χ3v) is 5.63. The van der Waals surface area contributed by atoms with E-state index in [0.29, 0.717) is 38.4 Å². The highest BCUT2D eigenvalue weighted by Crippen LogP contribution is 2.25. The Morgan fingerprint density at radius 2 is 1.93 bits per heavy atom. The van der Waals surface area contributed by atoms with Crippen LogP contribution >= 0.6 is 15.9 Å². The van der Waals surface area contributed by atoms with Crippen molar-refractivity contribution in [1.82, 2.24) is 9.88 Å². The summed E-state index contributed by atoms with van der Waals surface area (Å²) in [5.41, 5.74) is 3.28. The number of ether oxygens (including phenoxy) is 1. The fourth-order valence-corrected chi connectivity index (χ4v) is 3.67. The van der Waals surface area contributed by atoms with Gasteiger partial charge in [-0.05, 0) is 24.6 Å². The third kappa shape index (κ3) is 4.95. The molecule has 1 amide bonds. The molecule has 0 radical (unpaired) electrons. The first-order valence-electron chi connectivity index (χ1n) is 9.75. The van der Waals surface area contributed by atoms with Crippen molar-refractivity contribution in [3.63, 3.8) is 0 Å². The molecule has 6 heteroatoms. The van der Waals surface area contributed by atoms with E-state index >= 15 is 0 Å². The molecule has 1 atom stereocenters. The number of hydrogen-bond donors (Lipinski definition) is 0. The number of carbonyl (C=O) groups excluding carboxylic acids is 1. The van der Waals surface area contributed by atoms with Gasteiger partial charge in [-0.2, -0.15) is 0 Å². The standard InChI is InChI=1S/C23H23BrN2O3/c1-16-2-4-17(5-3-16)20-14-25-22(29-20)10-11-23(27)26-12-13-28-21(15-26)18-6-8-19(24)9-7-18/h2-9,14,21H,10-13,15H2,1H3. The molecule has 29 heavy (non-hydrogen) atoms. The van der Waals surface area contributed by atoms with E-state index in [1.165, 1.54) is 5.56 Å². The second-order valence-electron chi connectivity index (χ2n) is 7.24. The monoisotopic (exact) mass is 454 g/mol. The Hall–Kier alpha value is -2.44. The molecule has 5 nitrogen and oxygen atoms in total. The first kappa shape index (κ1) is 19.9. The quantitative estimate of drug-likeness (QED) is 0.547. The van der Waals surface area contributed by atoms with Gasteiger partial charge in [0.25, 0.3) is 0 Å². The maximum absolute atomic E-state index is 12.7. The third-order valence-electron chi connectivity index (χ3n) is 5.10. The lowest BCUT2D eigenvalue weighted by molar-refractivity contribution is -0.139. The molecule has 0 spiro atoms. The maximum Gasteiger partial charge on any atom is 0.223 e. The van der Waals surface area contributed by atoms with Crippen molar-refractivity contribution in [2.75, 3.05) is 19.7 Å². The van der Waals surface area contributed by atoms with Gasteiger partial charge in [-0.15, -0.1) is 0 Å². The fourth-order valence-electron chi connectivity index (χ4n) is 3.40. The van der Waals surface area contributed by atoms with Gasteiger partial charge in [0, 0.05) is 29.4 Å². The molecule has 3 aromatic rings. The summed E-state index contributed by atoms with van der Waals surface area (Å²) in [7, 11) is 0. The molecule has 150 valence electrons. The Morgan fingerprint density at radius 3 is 2.69 bits per heavy atom. The van der Waals surface area contributed by atoms with Crippen LogP contribution in [-0.4, -0.2) is 35.5 Å². The molecular formula is C23H23BrN2O3. The molecule has 0 N–H and O–H groups in total. The highest BCUT2D eigenvalue weighted by molar-refractivity contribution is 9.10. The number of oxazole rings is 1. The van der Waals surface area contributed by atoms with Crippen molar-refractivity contribution in [2.24, 2.45) is 0 Å². The zero-order valence-electron chi connectivity index (χ0n) is 16.3. The first-order chi connectivity index (χ1) is 14.1. The van der Waals surface area contributed by atoms with Crippen LogP contribution in [-0.2, 0) is 16.0 Å². The average Bonchev–Trinajstić information content (AvgIpc) is 3.22. The first-order valence-corrected chi connectivity index (χ1v) is 10.5. The molecule has 0 bridgehead atoms. The summed E-state index contributed by atoms with van der Waals surface area (Å²) in [4.78, 5) is 18.9. The number of carbonyl (C=O) groups is 1.